The Morgan fingerprint density at radius 2 is 2.00 bits per heavy atom. The van der Waals surface area contributed by atoms with Gasteiger partial charge in [-0.05, 0) is 12.5 Å². The Morgan fingerprint density at radius 3 is 2.50 bits per heavy atom. The van der Waals surface area contributed by atoms with Gasteiger partial charge in [0.05, 0.1) is 5.92 Å². The van der Waals surface area contributed by atoms with Crippen molar-refractivity contribution in [3.8, 4) is 0 Å². The highest BCUT2D eigenvalue weighted by Crippen LogP contribution is 2.15. The highest BCUT2D eigenvalue weighted by atomic mass is 28.2. The minimum Gasteiger partial charge on any atom is -0.528 e. The lowest BCUT2D eigenvalue weighted by Gasteiger charge is -2.08. The molecule has 0 radical (unpaired) electrons. The van der Waals surface area contributed by atoms with Gasteiger partial charge in [0, 0.05) is 0 Å². The minimum absolute atomic E-state index is 0.132. The molecule has 0 spiro atoms. The number of rotatable bonds is 2. The molecule has 0 aliphatic heterocycles. The molecule has 1 rings (SSSR count). The van der Waals surface area contributed by atoms with Crippen LogP contribution in [0.1, 0.15) is 18.4 Å². The molecule has 12 heavy (non-hydrogen) atoms. The first-order chi connectivity index (χ1) is 5.75. The fourth-order valence-electron chi connectivity index (χ4n) is 1.05. The van der Waals surface area contributed by atoms with E-state index >= 15 is 0 Å². The summed E-state index contributed by atoms with van der Waals surface area (Å²) < 4.78 is 4.77. The van der Waals surface area contributed by atoms with Crippen LogP contribution in [0.15, 0.2) is 30.3 Å². The van der Waals surface area contributed by atoms with Gasteiger partial charge < -0.3 is 4.43 Å². The van der Waals surface area contributed by atoms with E-state index in [1.807, 2.05) is 37.3 Å². The quantitative estimate of drug-likeness (QED) is 0.623. The predicted octanol–water partition coefficient (Wildman–Crippen LogP) is 0.614. The van der Waals surface area contributed by atoms with E-state index in [0.29, 0.717) is 10.5 Å². The minimum atomic E-state index is -0.135. The Bertz CT molecular complexity index is 258. The molecule has 0 aliphatic carbocycles. The summed E-state index contributed by atoms with van der Waals surface area (Å²) in [5.41, 5.74) is 1.01. The summed E-state index contributed by atoms with van der Waals surface area (Å²) in [5.74, 6) is -0.267. The summed E-state index contributed by atoms with van der Waals surface area (Å²) in [6.07, 6.45) is 0. The number of carbonyl (C=O) groups excluding carboxylic acids is 1. The van der Waals surface area contributed by atoms with Crippen LogP contribution >= 0.6 is 0 Å². The first-order valence-corrected chi connectivity index (χ1v) is 4.70. The zero-order valence-electron chi connectivity index (χ0n) is 7.28. The number of benzene rings is 1. The van der Waals surface area contributed by atoms with E-state index in [9.17, 15) is 4.79 Å². The van der Waals surface area contributed by atoms with Gasteiger partial charge in [-0.25, -0.2) is 0 Å². The fourth-order valence-corrected chi connectivity index (χ4v) is 1.41. The highest BCUT2D eigenvalue weighted by molar-refractivity contribution is 6.06. The van der Waals surface area contributed by atoms with Gasteiger partial charge in [0.2, 0.25) is 10.5 Å². The maximum Gasteiger partial charge on any atom is 0.299 e. The summed E-state index contributed by atoms with van der Waals surface area (Å²) >= 11 is 0. The van der Waals surface area contributed by atoms with Crippen LogP contribution in [-0.4, -0.2) is 16.5 Å². The maximum absolute atomic E-state index is 11.1. The molecule has 1 aromatic carbocycles. The van der Waals surface area contributed by atoms with Gasteiger partial charge in [-0.1, -0.05) is 30.3 Å². The monoisotopic (exact) mass is 180 g/mol. The first kappa shape index (κ1) is 9.00. The Morgan fingerprint density at radius 1 is 1.42 bits per heavy atom. The molecular weight excluding hydrogens is 168 g/mol. The van der Waals surface area contributed by atoms with Crippen LogP contribution in [0.3, 0.4) is 0 Å². The SMILES string of the molecule is CC(C(=O)O[SiH3])c1ccccc1. The van der Waals surface area contributed by atoms with Crippen molar-refractivity contribution in [1.29, 1.82) is 0 Å². The molecule has 0 aromatic heterocycles. The van der Waals surface area contributed by atoms with Gasteiger partial charge >= 0.3 is 0 Å². The second-order valence-corrected chi connectivity index (χ2v) is 3.06. The van der Waals surface area contributed by atoms with Crippen LogP contribution in [-0.2, 0) is 9.22 Å². The zero-order chi connectivity index (χ0) is 8.97. The standard InChI is InChI=1S/C9H12O2Si/c1-7(9(10)11-12)8-5-3-2-4-6-8/h2-7H,1,12H3. The van der Waals surface area contributed by atoms with Gasteiger partial charge in [0.25, 0.3) is 5.97 Å². The van der Waals surface area contributed by atoms with Crippen molar-refractivity contribution in [2.45, 2.75) is 12.8 Å². The highest BCUT2D eigenvalue weighted by Gasteiger charge is 2.13. The molecule has 0 aliphatic rings. The van der Waals surface area contributed by atoms with Crippen molar-refractivity contribution >= 4 is 16.5 Å². The Balaban J connectivity index is 2.78. The molecule has 1 aromatic rings. The molecule has 3 heteroatoms. The number of carbonyl (C=O) groups is 1. The van der Waals surface area contributed by atoms with Crippen molar-refractivity contribution < 1.29 is 9.22 Å². The van der Waals surface area contributed by atoms with Crippen molar-refractivity contribution in [3.05, 3.63) is 35.9 Å². The Kier molecular flexibility index (Phi) is 3.05. The Labute approximate surface area is 75.1 Å². The zero-order valence-corrected chi connectivity index (χ0v) is 9.28. The third-order valence-corrected chi connectivity index (χ3v) is 2.26. The van der Waals surface area contributed by atoms with E-state index in [4.69, 9.17) is 4.43 Å². The molecule has 1 atom stereocenters. The summed E-state index contributed by atoms with van der Waals surface area (Å²) in [6, 6.07) is 9.65. The number of hydrogen-bond acceptors (Lipinski definition) is 2. The van der Waals surface area contributed by atoms with Crippen LogP contribution in [0.4, 0.5) is 0 Å². The van der Waals surface area contributed by atoms with E-state index in [2.05, 4.69) is 0 Å². The van der Waals surface area contributed by atoms with Crippen molar-refractivity contribution in [2.24, 2.45) is 0 Å². The van der Waals surface area contributed by atoms with Crippen LogP contribution in [0.2, 0.25) is 0 Å². The topological polar surface area (TPSA) is 26.3 Å². The van der Waals surface area contributed by atoms with E-state index in [1.54, 1.807) is 0 Å². The molecule has 0 N–H and O–H groups in total. The average molecular weight is 180 g/mol. The van der Waals surface area contributed by atoms with Crippen molar-refractivity contribution in [2.75, 3.05) is 0 Å². The van der Waals surface area contributed by atoms with Crippen molar-refractivity contribution in [1.82, 2.24) is 0 Å². The smallest absolute Gasteiger partial charge is 0.299 e. The van der Waals surface area contributed by atoms with E-state index in [-0.39, 0.29) is 11.9 Å². The summed E-state index contributed by atoms with van der Waals surface area (Å²) in [5, 5.41) is 0. The van der Waals surface area contributed by atoms with Gasteiger partial charge in [0.1, 0.15) is 0 Å². The fraction of sp³-hybridized carbons (Fsp3) is 0.222. The third kappa shape index (κ3) is 1.95. The maximum atomic E-state index is 11.1. The lowest BCUT2D eigenvalue weighted by Crippen LogP contribution is -2.11. The van der Waals surface area contributed by atoms with Crippen LogP contribution in [0.5, 0.6) is 0 Å². The Hall–Kier alpha value is -1.09. The predicted molar refractivity (Wildman–Crippen MR) is 50.9 cm³/mol. The molecule has 0 heterocycles. The van der Waals surface area contributed by atoms with E-state index in [0.717, 1.165) is 5.56 Å². The molecule has 0 saturated heterocycles. The lowest BCUT2D eigenvalue weighted by atomic mass is 10.0. The largest absolute Gasteiger partial charge is 0.528 e. The van der Waals surface area contributed by atoms with Gasteiger partial charge in [0.15, 0.2) is 0 Å². The molecule has 0 fully saturated rings. The van der Waals surface area contributed by atoms with E-state index < -0.39 is 0 Å². The van der Waals surface area contributed by atoms with Gasteiger partial charge in [-0.2, -0.15) is 0 Å². The number of hydrogen-bond donors (Lipinski definition) is 0. The average Bonchev–Trinajstić information content (AvgIpc) is 2.17. The van der Waals surface area contributed by atoms with Gasteiger partial charge in [-0.3, -0.25) is 4.79 Å². The third-order valence-electron chi connectivity index (χ3n) is 1.85. The molecule has 2 nitrogen and oxygen atoms in total. The molecular formula is C9H12O2Si. The summed E-state index contributed by atoms with van der Waals surface area (Å²) in [6.45, 7) is 1.86. The second-order valence-electron chi connectivity index (χ2n) is 2.66. The second kappa shape index (κ2) is 4.06. The van der Waals surface area contributed by atoms with Gasteiger partial charge in [-0.15, -0.1) is 0 Å². The summed E-state index contributed by atoms with van der Waals surface area (Å²) in [7, 11) is 0.472. The van der Waals surface area contributed by atoms with Crippen LogP contribution < -0.4 is 0 Å². The molecule has 0 saturated carbocycles. The molecule has 0 amide bonds. The molecule has 1 unspecified atom stereocenters. The van der Waals surface area contributed by atoms with Crippen LogP contribution in [0.25, 0.3) is 0 Å². The molecule has 0 bridgehead atoms. The lowest BCUT2D eigenvalue weighted by molar-refractivity contribution is -0.135. The first-order valence-electron chi connectivity index (χ1n) is 3.88. The molecule has 64 valence electrons. The normalized spacial score (nSPS) is 12.4. The van der Waals surface area contributed by atoms with Crippen LogP contribution in [0, 0.1) is 0 Å². The van der Waals surface area contributed by atoms with Crippen molar-refractivity contribution in [3.63, 3.8) is 0 Å². The van der Waals surface area contributed by atoms with E-state index in [1.165, 1.54) is 0 Å². The summed E-state index contributed by atoms with van der Waals surface area (Å²) in [4.78, 5) is 11.1.